The second kappa shape index (κ2) is 8.19. The topological polar surface area (TPSA) is 69.0 Å². The second-order valence-corrected chi connectivity index (χ2v) is 5.42. The van der Waals surface area contributed by atoms with Crippen LogP contribution in [0.15, 0.2) is 61.2 Å². The molecule has 0 saturated carbocycles. The lowest BCUT2D eigenvalue weighted by atomic mass is 10.1. The quantitative estimate of drug-likeness (QED) is 0.705. The molecule has 6 nitrogen and oxygen atoms in total. The Morgan fingerprint density at radius 3 is 2.46 bits per heavy atom. The minimum Gasteiger partial charge on any atom is -0.435 e. The van der Waals surface area contributed by atoms with Crippen molar-refractivity contribution >= 4 is 5.91 Å². The molecule has 0 atom stereocenters. The first-order chi connectivity index (χ1) is 12.6. The number of nitrogens with zero attached hydrogens (tertiary/aromatic N) is 3. The van der Waals surface area contributed by atoms with Gasteiger partial charge in [0.25, 0.3) is 5.91 Å². The van der Waals surface area contributed by atoms with Crippen LogP contribution in [0.1, 0.15) is 15.9 Å². The van der Waals surface area contributed by atoms with Gasteiger partial charge in [0.15, 0.2) is 0 Å². The van der Waals surface area contributed by atoms with Gasteiger partial charge in [-0.05, 0) is 48.4 Å². The SMILES string of the molecule is O=C(NCCc1ccc(OC(F)F)cc1)c1ccc(-n2cncn2)cc1. The molecule has 1 N–H and O–H groups in total. The fourth-order valence-corrected chi connectivity index (χ4v) is 2.37. The summed E-state index contributed by atoms with van der Waals surface area (Å²) in [5.74, 6) is -0.0759. The average molecular weight is 358 g/mol. The monoisotopic (exact) mass is 358 g/mol. The molecule has 26 heavy (non-hydrogen) atoms. The molecule has 0 saturated heterocycles. The first-order valence-electron chi connectivity index (χ1n) is 7.89. The zero-order valence-corrected chi connectivity index (χ0v) is 13.7. The number of aromatic nitrogens is 3. The first-order valence-corrected chi connectivity index (χ1v) is 7.89. The zero-order chi connectivity index (χ0) is 18.4. The molecular weight excluding hydrogens is 342 g/mol. The molecule has 0 fully saturated rings. The van der Waals surface area contributed by atoms with Crippen LogP contribution in [0, 0.1) is 0 Å². The van der Waals surface area contributed by atoms with E-state index in [1.807, 2.05) is 0 Å². The van der Waals surface area contributed by atoms with Gasteiger partial charge in [-0.15, -0.1) is 0 Å². The predicted molar refractivity (Wildman–Crippen MR) is 90.5 cm³/mol. The van der Waals surface area contributed by atoms with Crippen LogP contribution in [0.25, 0.3) is 5.69 Å². The molecular formula is C18H16F2N4O2. The summed E-state index contributed by atoms with van der Waals surface area (Å²) < 4.78 is 30.1. The van der Waals surface area contributed by atoms with Crippen molar-refractivity contribution in [1.82, 2.24) is 20.1 Å². The highest BCUT2D eigenvalue weighted by molar-refractivity contribution is 5.94. The van der Waals surface area contributed by atoms with E-state index in [-0.39, 0.29) is 11.7 Å². The van der Waals surface area contributed by atoms with Crippen LogP contribution in [0.2, 0.25) is 0 Å². The van der Waals surface area contributed by atoms with Crippen LogP contribution in [-0.2, 0) is 6.42 Å². The van der Waals surface area contributed by atoms with Crippen LogP contribution < -0.4 is 10.1 Å². The summed E-state index contributed by atoms with van der Waals surface area (Å²) in [5.41, 5.74) is 2.26. The molecule has 1 amide bonds. The van der Waals surface area contributed by atoms with Crippen LogP contribution in [0.4, 0.5) is 8.78 Å². The van der Waals surface area contributed by atoms with E-state index in [2.05, 4.69) is 20.1 Å². The summed E-state index contributed by atoms with van der Waals surface area (Å²) in [4.78, 5) is 16.0. The number of hydrogen-bond donors (Lipinski definition) is 1. The van der Waals surface area contributed by atoms with Gasteiger partial charge in [-0.1, -0.05) is 12.1 Å². The highest BCUT2D eigenvalue weighted by Crippen LogP contribution is 2.15. The molecule has 0 unspecified atom stereocenters. The van der Waals surface area contributed by atoms with Crippen molar-refractivity contribution in [2.45, 2.75) is 13.0 Å². The Morgan fingerprint density at radius 1 is 1.12 bits per heavy atom. The van der Waals surface area contributed by atoms with E-state index >= 15 is 0 Å². The summed E-state index contributed by atoms with van der Waals surface area (Å²) in [6.07, 6.45) is 3.59. The molecule has 2 aromatic carbocycles. The lowest BCUT2D eigenvalue weighted by molar-refractivity contribution is -0.0498. The number of carbonyl (C=O) groups excluding carboxylic acids is 1. The fraction of sp³-hybridized carbons (Fsp3) is 0.167. The van der Waals surface area contributed by atoms with Crippen LogP contribution in [0.5, 0.6) is 5.75 Å². The highest BCUT2D eigenvalue weighted by atomic mass is 19.3. The summed E-state index contributed by atoms with van der Waals surface area (Å²) in [7, 11) is 0. The molecule has 8 heteroatoms. The summed E-state index contributed by atoms with van der Waals surface area (Å²) in [6.45, 7) is -2.41. The summed E-state index contributed by atoms with van der Waals surface area (Å²) >= 11 is 0. The number of halogens is 2. The van der Waals surface area contributed by atoms with E-state index < -0.39 is 6.61 Å². The van der Waals surface area contributed by atoms with Crippen molar-refractivity contribution < 1.29 is 18.3 Å². The van der Waals surface area contributed by atoms with Gasteiger partial charge in [-0.25, -0.2) is 9.67 Å². The Balaban J connectivity index is 1.49. The van der Waals surface area contributed by atoms with Gasteiger partial charge < -0.3 is 10.1 Å². The van der Waals surface area contributed by atoms with Crippen molar-refractivity contribution in [2.24, 2.45) is 0 Å². The Bertz CT molecular complexity index is 835. The molecule has 1 heterocycles. The number of carbonyl (C=O) groups is 1. The first kappa shape index (κ1) is 17.5. The normalized spacial score (nSPS) is 10.7. The highest BCUT2D eigenvalue weighted by Gasteiger charge is 2.07. The van der Waals surface area contributed by atoms with Gasteiger partial charge in [-0.3, -0.25) is 4.79 Å². The summed E-state index contributed by atoms with van der Waals surface area (Å²) in [6, 6.07) is 13.3. The zero-order valence-electron chi connectivity index (χ0n) is 13.7. The molecule has 0 spiro atoms. The number of alkyl halides is 2. The Morgan fingerprint density at radius 2 is 1.85 bits per heavy atom. The number of hydrogen-bond acceptors (Lipinski definition) is 4. The molecule has 1 aromatic heterocycles. The number of rotatable bonds is 7. The molecule has 0 aliphatic rings. The van der Waals surface area contributed by atoms with Crippen LogP contribution >= 0.6 is 0 Å². The van der Waals surface area contributed by atoms with E-state index in [9.17, 15) is 13.6 Å². The Labute approximate surface area is 148 Å². The molecule has 0 aliphatic heterocycles. The second-order valence-electron chi connectivity index (χ2n) is 5.42. The standard InChI is InChI=1S/C18H16F2N4O2/c19-18(20)26-16-7-1-13(2-8-16)9-10-22-17(25)14-3-5-15(6-4-14)24-12-21-11-23-24/h1-8,11-12,18H,9-10H2,(H,22,25). The van der Waals surface area contributed by atoms with Crippen molar-refractivity contribution in [3.05, 3.63) is 72.3 Å². The lowest BCUT2D eigenvalue weighted by Crippen LogP contribution is -2.25. The van der Waals surface area contributed by atoms with Crippen molar-refractivity contribution in [3.8, 4) is 11.4 Å². The largest absolute Gasteiger partial charge is 0.435 e. The maximum atomic E-state index is 12.2. The minimum absolute atomic E-state index is 0.111. The van der Waals surface area contributed by atoms with Gasteiger partial charge in [0.05, 0.1) is 5.69 Å². The van der Waals surface area contributed by atoms with E-state index in [0.29, 0.717) is 18.5 Å². The number of ether oxygens (including phenoxy) is 1. The van der Waals surface area contributed by atoms with Crippen molar-refractivity contribution in [2.75, 3.05) is 6.54 Å². The third-order valence-corrected chi connectivity index (χ3v) is 3.66. The van der Waals surface area contributed by atoms with E-state index in [4.69, 9.17) is 0 Å². The molecule has 3 rings (SSSR count). The molecule has 3 aromatic rings. The third-order valence-electron chi connectivity index (χ3n) is 3.66. The fourth-order valence-electron chi connectivity index (χ4n) is 2.37. The Hall–Kier alpha value is -3.29. The summed E-state index contributed by atoms with van der Waals surface area (Å²) in [5, 5.41) is 6.84. The van der Waals surface area contributed by atoms with Gasteiger partial charge in [0.2, 0.25) is 0 Å². The number of amides is 1. The van der Waals surface area contributed by atoms with E-state index in [1.165, 1.54) is 18.5 Å². The maximum absolute atomic E-state index is 12.2. The molecule has 0 radical (unpaired) electrons. The van der Waals surface area contributed by atoms with Crippen molar-refractivity contribution in [3.63, 3.8) is 0 Å². The number of benzene rings is 2. The van der Waals surface area contributed by atoms with Gasteiger partial charge in [0, 0.05) is 12.1 Å². The van der Waals surface area contributed by atoms with Gasteiger partial charge in [-0.2, -0.15) is 13.9 Å². The van der Waals surface area contributed by atoms with Crippen molar-refractivity contribution in [1.29, 1.82) is 0 Å². The predicted octanol–water partition coefficient (Wildman–Crippen LogP) is 2.84. The number of nitrogens with one attached hydrogen (secondary N) is 1. The smallest absolute Gasteiger partial charge is 0.387 e. The minimum atomic E-state index is -2.84. The average Bonchev–Trinajstić information content (AvgIpc) is 3.17. The third kappa shape index (κ3) is 4.62. The van der Waals surface area contributed by atoms with Gasteiger partial charge >= 0.3 is 6.61 Å². The van der Waals surface area contributed by atoms with Crippen LogP contribution in [0.3, 0.4) is 0 Å². The molecule has 0 aliphatic carbocycles. The van der Waals surface area contributed by atoms with Gasteiger partial charge in [0.1, 0.15) is 18.4 Å². The maximum Gasteiger partial charge on any atom is 0.387 e. The Kier molecular flexibility index (Phi) is 5.52. The van der Waals surface area contributed by atoms with E-state index in [1.54, 1.807) is 47.4 Å². The van der Waals surface area contributed by atoms with Crippen LogP contribution in [-0.4, -0.2) is 33.8 Å². The molecule has 134 valence electrons. The lowest BCUT2D eigenvalue weighted by Gasteiger charge is -2.08. The van der Waals surface area contributed by atoms with E-state index in [0.717, 1.165) is 11.3 Å². The molecule has 0 bridgehead atoms.